The van der Waals surface area contributed by atoms with Crippen molar-refractivity contribution in [3.8, 4) is 5.75 Å². The molecule has 0 aliphatic rings. The van der Waals surface area contributed by atoms with Gasteiger partial charge in [-0.25, -0.2) is 0 Å². The Hall–Kier alpha value is -1.06. The molecule has 3 heteroatoms. The molecule has 1 N–H and O–H groups in total. The smallest absolute Gasteiger partial charge is 0.119 e. The maximum absolute atomic E-state index is 5.52. The van der Waals surface area contributed by atoms with Crippen LogP contribution in [0.5, 0.6) is 5.75 Å². The van der Waals surface area contributed by atoms with E-state index in [0.717, 1.165) is 25.4 Å². The van der Waals surface area contributed by atoms with Crippen LogP contribution in [0.2, 0.25) is 0 Å². The average Bonchev–Trinajstić information content (AvgIpc) is 2.38. The van der Waals surface area contributed by atoms with E-state index in [1.54, 1.807) is 0 Å². The molecule has 1 aromatic rings. The Morgan fingerprint density at radius 1 is 1.15 bits per heavy atom. The fraction of sp³-hybridized carbons (Fsp3) is 0.647. The van der Waals surface area contributed by atoms with Gasteiger partial charge in [-0.3, -0.25) is 4.90 Å². The molecule has 1 aromatic carbocycles. The first-order valence-corrected chi connectivity index (χ1v) is 7.72. The molecule has 0 spiro atoms. The van der Waals surface area contributed by atoms with Gasteiger partial charge in [0.15, 0.2) is 0 Å². The SMILES string of the molecule is CCOc1cccc(CNCCN(C(C)C)C(C)C)c1. The Balaban J connectivity index is 2.35. The lowest BCUT2D eigenvalue weighted by Crippen LogP contribution is -2.41. The van der Waals surface area contributed by atoms with Gasteiger partial charge in [0.1, 0.15) is 5.75 Å². The van der Waals surface area contributed by atoms with Crippen molar-refractivity contribution in [1.82, 2.24) is 10.2 Å². The largest absolute Gasteiger partial charge is 0.494 e. The van der Waals surface area contributed by atoms with Crippen LogP contribution >= 0.6 is 0 Å². The minimum absolute atomic E-state index is 0.595. The second-order valence-corrected chi connectivity index (χ2v) is 5.68. The highest BCUT2D eigenvalue weighted by atomic mass is 16.5. The van der Waals surface area contributed by atoms with Gasteiger partial charge in [0, 0.05) is 31.7 Å². The van der Waals surface area contributed by atoms with Crippen LogP contribution in [0.25, 0.3) is 0 Å². The van der Waals surface area contributed by atoms with E-state index in [0.29, 0.717) is 18.7 Å². The normalized spacial score (nSPS) is 11.6. The second kappa shape index (κ2) is 8.98. The number of nitrogens with one attached hydrogen (secondary N) is 1. The summed E-state index contributed by atoms with van der Waals surface area (Å²) in [5.74, 6) is 0.956. The minimum atomic E-state index is 0.595. The summed E-state index contributed by atoms with van der Waals surface area (Å²) in [6.45, 7) is 14.7. The van der Waals surface area contributed by atoms with Gasteiger partial charge in [0.2, 0.25) is 0 Å². The lowest BCUT2D eigenvalue weighted by molar-refractivity contribution is 0.176. The Labute approximate surface area is 124 Å². The van der Waals surface area contributed by atoms with Crippen LogP contribution in [0.1, 0.15) is 40.2 Å². The third kappa shape index (κ3) is 5.93. The molecular formula is C17H30N2O. The molecule has 0 heterocycles. The van der Waals surface area contributed by atoms with Crippen molar-refractivity contribution in [2.24, 2.45) is 0 Å². The van der Waals surface area contributed by atoms with Gasteiger partial charge in [0.05, 0.1) is 6.61 Å². The molecular weight excluding hydrogens is 248 g/mol. The number of nitrogens with zero attached hydrogens (tertiary/aromatic N) is 1. The number of hydrogen-bond acceptors (Lipinski definition) is 3. The topological polar surface area (TPSA) is 24.5 Å². The first-order chi connectivity index (χ1) is 9.54. The van der Waals surface area contributed by atoms with E-state index in [-0.39, 0.29) is 0 Å². The van der Waals surface area contributed by atoms with Crippen LogP contribution < -0.4 is 10.1 Å². The Morgan fingerprint density at radius 3 is 2.45 bits per heavy atom. The van der Waals surface area contributed by atoms with E-state index in [2.05, 4.69) is 56.1 Å². The van der Waals surface area contributed by atoms with Crippen LogP contribution in [-0.2, 0) is 6.54 Å². The molecule has 0 aromatic heterocycles. The van der Waals surface area contributed by atoms with E-state index in [4.69, 9.17) is 4.74 Å². The summed E-state index contributed by atoms with van der Waals surface area (Å²) < 4.78 is 5.52. The standard InChI is InChI=1S/C17H30N2O/c1-6-20-17-9-7-8-16(12-17)13-18-10-11-19(14(2)3)15(4)5/h7-9,12,14-15,18H,6,10-11,13H2,1-5H3. The minimum Gasteiger partial charge on any atom is -0.494 e. The molecule has 0 saturated heterocycles. The Morgan fingerprint density at radius 2 is 1.85 bits per heavy atom. The zero-order valence-electron chi connectivity index (χ0n) is 13.6. The lowest BCUT2D eigenvalue weighted by Gasteiger charge is -2.30. The first kappa shape index (κ1) is 17.0. The predicted molar refractivity (Wildman–Crippen MR) is 86.3 cm³/mol. The van der Waals surface area contributed by atoms with Crippen LogP contribution in [0.3, 0.4) is 0 Å². The maximum atomic E-state index is 5.52. The number of ether oxygens (including phenoxy) is 1. The molecule has 0 saturated carbocycles. The summed E-state index contributed by atoms with van der Waals surface area (Å²) in [5.41, 5.74) is 1.27. The van der Waals surface area contributed by atoms with Crippen molar-refractivity contribution >= 4 is 0 Å². The fourth-order valence-corrected chi connectivity index (χ4v) is 2.47. The van der Waals surface area contributed by atoms with Gasteiger partial charge >= 0.3 is 0 Å². The van der Waals surface area contributed by atoms with Crippen molar-refractivity contribution in [2.45, 2.75) is 53.2 Å². The second-order valence-electron chi connectivity index (χ2n) is 5.68. The van der Waals surface area contributed by atoms with Gasteiger partial charge in [-0.2, -0.15) is 0 Å². The molecule has 0 unspecified atom stereocenters. The maximum Gasteiger partial charge on any atom is 0.119 e. The van der Waals surface area contributed by atoms with E-state index in [9.17, 15) is 0 Å². The fourth-order valence-electron chi connectivity index (χ4n) is 2.47. The molecule has 0 atom stereocenters. The molecule has 0 aliphatic carbocycles. The van der Waals surface area contributed by atoms with Crippen molar-refractivity contribution in [3.05, 3.63) is 29.8 Å². The van der Waals surface area contributed by atoms with Crippen LogP contribution in [0.4, 0.5) is 0 Å². The van der Waals surface area contributed by atoms with Crippen molar-refractivity contribution in [3.63, 3.8) is 0 Å². The van der Waals surface area contributed by atoms with Gasteiger partial charge in [-0.1, -0.05) is 12.1 Å². The highest BCUT2D eigenvalue weighted by molar-refractivity contribution is 5.28. The van der Waals surface area contributed by atoms with Crippen LogP contribution in [0.15, 0.2) is 24.3 Å². The van der Waals surface area contributed by atoms with Crippen LogP contribution in [0, 0.1) is 0 Å². The van der Waals surface area contributed by atoms with E-state index >= 15 is 0 Å². The monoisotopic (exact) mass is 278 g/mol. The summed E-state index contributed by atoms with van der Waals surface area (Å²) in [7, 11) is 0. The molecule has 0 bridgehead atoms. The highest BCUT2D eigenvalue weighted by Gasteiger charge is 2.11. The zero-order valence-corrected chi connectivity index (χ0v) is 13.6. The average molecular weight is 278 g/mol. The molecule has 0 amide bonds. The number of rotatable bonds is 9. The lowest BCUT2D eigenvalue weighted by atomic mass is 10.2. The van der Waals surface area contributed by atoms with Crippen LogP contribution in [-0.4, -0.2) is 36.7 Å². The number of hydrogen-bond donors (Lipinski definition) is 1. The molecule has 1 rings (SSSR count). The molecule has 3 nitrogen and oxygen atoms in total. The van der Waals surface area contributed by atoms with Gasteiger partial charge < -0.3 is 10.1 Å². The summed E-state index contributed by atoms with van der Waals surface area (Å²) in [5, 5.41) is 3.51. The summed E-state index contributed by atoms with van der Waals surface area (Å²) >= 11 is 0. The highest BCUT2D eigenvalue weighted by Crippen LogP contribution is 2.13. The Bertz CT molecular complexity index is 369. The van der Waals surface area contributed by atoms with Gasteiger partial charge in [0.25, 0.3) is 0 Å². The number of benzene rings is 1. The van der Waals surface area contributed by atoms with E-state index in [1.165, 1.54) is 5.56 Å². The molecule has 0 radical (unpaired) electrons. The van der Waals surface area contributed by atoms with E-state index < -0.39 is 0 Å². The van der Waals surface area contributed by atoms with Crippen molar-refractivity contribution < 1.29 is 4.74 Å². The summed E-state index contributed by atoms with van der Waals surface area (Å²) in [4.78, 5) is 2.50. The molecule has 20 heavy (non-hydrogen) atoms. The third-order valence-corrected chi connectivity index (χ3v) is 3.41. The van der Waals surface area contributed by atoms with Crippen molar-refractivity contribution in [2.75, 3.05) is 19.7 Å². The Kier molecular flexibility index (Phi) is 7.63. The van der Waals surface area contributed by atoms with Gasteiger partial charge in [-0.15, -0.1) is 0 Å². The predicted octanol–water partition coefficient (Wildman–Crippen LogP) is 3.29. The van der Waals surface area contributed by atoms with Gasteiger partial charge in [-0.05, 0) is 52.3 Å². The molecule has 0 aliphatic heterocycles. The zero-order chi connectivity index (χ0) is 15.0. The van der Waals surface area contributed by atoms with Crippen molar-refractivity contribution in [1.29, 1.82) is 0 Å². The van der Waals surface area contributed by atoms with E-state index in [1.807, 2.05) is 13.0 Å². The first-order valence-electron chi connectivity index (χ1n) is 7.72. The molecule has 114 valence electrons. The quantitative estimate of drug-likeness (QED) is 0.702. The summed E-state index contributed by atoms with van der Waals surface area (Å²) in [6.07, 6.45) is 0. The summed E-state index contributed by atoms with van der Waals surface area (Å²) in [6, 6.07) is 9.50. The molecule has 0 fully saturated rings. The third-order valence-electron chi connectivity index (χ3n) is 3.41.